The highest BCUT2D eigenvalue weighted by molar-refractivity contribution is 7.89. The molecule has 0 unspecified atom stereocenters. The molecule has 4 rings (SSSR count). The molecule has 1 aromatic carbocycles. The fourth-order valence-electron chi connectivity index (χ4n) is 3.65. The van der Waals surface area contributed by atoms with Crippen molar-refractivity contribution in [3.05, 3.63) is 74.6 Å². The number of primary sulfonamides is 1. The minimum absolute atomic E-state index is 0.0680. The molecule has 2 aromatic heterocycles. The molecule has 168 valence electrons. The van der Waals surface area contributed by atoms with Crippen molar-refractivity contribution in [2.75, 3.05) is 13.6 Å². The van der Waals surface area contributed by atoms with E-state index in [-0.39, 0.29) is 29.4 Å². The van der Waals surface area contributed by atoms with Gasteiger partial charge in [0.25, 0.3) is 5.91 Å². The number of carbonyl (C=O) groups excluding carboxylic acids is 1. The van der Waals surface area contributed by atoms with Crippen molar-refractivity contribution in [1.29, 1.82) is 0 Å². The maximum absolute atomic E-state index is 13.3. The zero-order chi connectivity index (χ0) is 22.9. The quantitative estimate of drug-likeness (QED) is 0.547. The van der Waals surface area contributed by atoms with Gasteiger partial charge >= 0.3 is 0 Å². The van der Waals surface area contributed by atoms with Crippen LogP contribution in [0.15, 0.2) is 69.3 Å². The van der Waals surface area contributed by atoms with Crippen molar-refractivity contribution in [3.8, 4) is 0 Å². The third-order valence-corrected chi connectivity index (χ3v) is 8.40. The minimum atomic E-state index is -3.73. The van der Waals surface area contributed by atoms with E-state index in [0.29, 0.717) is 6.42 Å². The lowest BCUT2D eigenvalue weighted by Gasteiger charge is -2.28. The molecule has 3 aromatic rings. The molecule has 0 aliphatic carbocycles. The van der Waals surface area contributed by atoms with Crippen LogP contribution in [-0.2, 0) is 14.8 Å². The third-order valence-electron chi connectivity index (χ3n) is 5.58. The number of nitrogens with two attached hydrogens (primary N) is 1. The molecule has 0 saturated heterocycles. The zero-order valence-electron chi connectivity index (χ0n) is 17.7. The number of rotatable bonds is 7. The molecule has 2 atom stereocenters. The van der Waals surface area contributed by atoms with Crippen molar-refractivity contribution < 1.29 is 13.2 Å². The molecule has 0 fully saturated rings. The van der Waals surface area contributed by atoms with Gasteiger partial charge in [0.1, 0.15) is 0 Å². The number of hydrazone groups is 1. The van der Waals surface area contributed by atoms with Crippen LogP contribution in [0, 0.1) is 0 Å². The first-order valence-corrected chi connectivity index (χ1v) is 13.3. The highest BCUT2D eigenvalue weighted by Gasteiger charge is 2.34. The number of sulfonamides is 1. The van der Waals surface area contributed by atoms with Crippen LogP contribution in [0.3, 0.4) is 0 Å². The topological polar surface area (TPSA) is 96.1 Å². The van der Waals surface area contributed by atoms with Gasteiger partial charge in [0.15, 0.2) is 0 Å². The lowest BCUT2D eigenvalue weighted by Crippen LogP contribution is -2.37. The Hall–Kier alpha value is -2.37. The summed E-state index contributed by atoms with van der Waals surface area (Å²) in [6.45, 7) is 2.15. The Balaban J connectivity index is 1.50. The number of hydrogen-bond acceptors (Lipinski definition) is 7. The van der Waals surface area contributed by atoms with Crippen molar-refractivity contribution in [1.82, 2.24) is 9.91 Å². The number of thiophene rings is 2. The monoisotopic (exact) mass is 488 g/mol. The highest BCUT2D eigenvalue weighted by Crippen LogP contribution is 2.36. The third kappa shape index (κ3) is 4.84. The summed E-state index contributed by atoms with van der Waals surface area (Å²) in [5.74, 6) is -0.0783. The van der Waals surface area contributed by atoms with Gasteiger partial charge in [-0.05, 0) is 54.6 Å². The van der Waals surface area contributed by atoms with Crippen LogP contribution in [0.2, 0.25) is 0 Å². The van der Waals surface area contributed by atoms with E-state index in [0.717, 1.165) is 21.0 Å². The molecule has 7 nitrogen and oxygen atoms in total. The summed E-state index contributed by atoms with van der Waals surface area (Å²) in [7, 11) is -1.86. The summed E-state index contributed by atoms with van der Waals surface area (Å²) < 4.78 is 23.0. The van der Waals surface area contributed by atoms with Crippen LogP contribution in [0.1, 0.15) is 40.7 Å². The molecule has 0 saturated carbocycles. The fraction of sp³-hybridized carbons (Fsp3) is 0.273. The molecule has 32 heavy (non-hydrogen) atoms. The van der Waals surface area contributed by atoms with E-state index in [9.17, 15) is 13.2 Å². The molecule has 0 radical (unpaired) electrons. The Kier molecular flexibility index (Phi) is 6.59. The largest absolute Gasteiger partial charge is 0.291 e. The van der Waals surface area contributed by atoms with Crippen molar-refractivity contribution >= 4 is 44.3 Å². The lowest BCUT2D eigenvalue weighted by atomic mass is 10.1. The van der Waals surface area contributed by atoms with E-state index in [1.807, 2.05) is 53.9 Å². The van der Waals surface area contributed by atoms with Crippen LogP contribution in [0.4, 0.5) is 0 Å². The summed E-state index contributed by atoms with van der Waals surface area (Å²) in [6, 6.07) is 14.3. The van der Waals surface area contributed by atoms with Gasteiger partial charge in [-0.1, -0.05) is 24.3 Å². The van der Waals surface area contributed by atoms with Gasteiger partial charge < -0.3 is 0 Å². The van der Waals surface area contributed by atoms with E-state index in [2.05, 4.69) is 0 Å². The van der Waals surface area contributed by atoms with E-state index in [1.54, 1.807) is 39.8 Å². The van der Waals surface area contributed by atoms with E-state index >= 15 is 0 Å². The number of nitrogens with zero attached hydrogens (tertiary/aromatic N) is 3. The summed E-state index contributed by atoms with van der Waals surface area (Å²) in [5.41, 5.74) is 1.83. The second-order valence-electron chi connectivity index (χ2n) is 7.70. The fourth-order valence-corrected chi connectivity index (χ4v) is 5.70. The van der Waals surface area contributed by atoms with Crippen molar-refractivity contribution in [2.45, 2.75) is 30.3 Å². The second kappa shape index (κ2) is 9.24. The maximum Gasteiger partial charge on any atom is 0.257 e. The molecule has 2 N–H and O–H groups in total. The van der Waals surface area contributed by atoms with E-state index in [4.69, 9.17) is 10.2 Å². The van der Waals surface area contributed by atoms with Crippen LogP contribution < -0.4 is 5.14 Å². The smallest absolute Gasteiger partial charge is 0.257 e. The SMILES string of the molecule is C[C@H](c1ccc(S(N)(=O)=O)cc1)N(C)CC(=O)N1N=C(c2cccs2)C[C@H]1c1cccs1. The molecule has 10 heteroatoms. The number of carbonyl (C=O) groups is 1. The van der Waals surface area contributed by atoms with Gasteiger partial charge in [-0.15, -0.1) is 22.7 Å². The Morgan fingerprint density at radius 2 is 1.88 bits per heavy atom. The van der Waals surface area contributed by atoms with Gasteiger partial charge in [0, 0.05) is 17.3 Å². The maximum atomic E-state index is 13.3. The summed E-state index contributed by atoms with van der Waals surface area (Å²) >= 11 is 3.25. The standard InChI is InChI=1S/C22H24N4O3S3/c1-15(16-7-9-17(10-8-16)32(23,28)29)25(2)14-22(27)26-19(21-6-4-12-31-21)13-18(24-26)20-5-3-11-30-20/h3-12,15,19H,13-14H2,1-2H3,(H2,23,28,29)/t15-,19+/m1/s1. The lowest BCUT2D eigenvalue weighted by molar-refractivity contribution is -0.134. The Labute approximate surface area is 195 Å². The molecule has 1 aliphatic rings. The summed E-state index contributed by atoms with van der Waals surface area (Å²) in [5, 5.41) is 15.5. The molecular weight excluding hydrogens is 464 g/mol. The first-order chi connectivity index (χ1) is 15.2. The number of benzene rings is 1. The Morgan fingerprint density at radius 1 is 1.19 bits per heavy atom. The average Bonchev–Trinajstić information content (AvgIpc) is 3.53. The Morgan fingerprint density at radius 3 is 2.47 bits per heavy atom. The minimum Gasteiger partial charge on any atom is -0.291 e. The predicted molar refractivity (Wildman–Crippen MR) is 128 cm³/mol. The van der Waals surface area contributed by atoms with Gasteiger partial charge in [-0.2, -0.15) is 5.10 Å². The molecule has 1 aliphatic heterocycles. The first-order valence-electron chi connectivity index (χ1n) is 10.0. The van der Waals surface area contributed by atoms with Crippen LogP contribution in [0.25, 0.3) is 0 Å². The predicted octanol–water partition coefficient (Wildman–Crippen LogP) is 3.83. The normalized spacial score (nSPS) is 17.6. The van der Waals surface area contributed by atoms with Gasteiger partial charge in [-0.3, -0.25) is 9.69 Å². The van der Waals surface area contributed by atoms with Crippen LogP contribution in [-0.4, -0.2) is 43.5 Å². The van der Waals surface area contributed by atoms with Crippen LogP contribution in [0.5, 0.6) is 0 Å². The molecule has 0 spiro atoms. The number of amides is 1. The average molecular weight is 489 g/mol. The molecular formula is C22H24N4O3S3. The van der Waals surface area contributed by atoms with Gasteiger partial charge in [0.05, 0.1) is 28.1 Å². The second-order valence-corrected chi connectivity index (χ2v) is 11.2. The molecule has 0 bridgehead atoms. The van der Waals surface area contributed by atoms with Gasteiger partial charge in [0.2, 0.25) is 10.0 Å². The van der Waals surface area contributed by atoms with Crippen molar-refractivity contribution in [3.63, 3.8) is 0 Å². The van der Waals surface area contributed by atoms with Crippen LogP contribution >= 0.6 is 22.7 Å². The molecule has 1 amide bonds. The van der Waals surface area contributed by atoms with E-state index in [1.165, 1.54) is 12.1 Å². The summed E-state index contributed by atoms with van der Waals surface area (Å²) in [6.07, 6.45) is 0.695. The summed E-state index contributed by atoms with van der Waals surface area (Å²) in [4.78, 5) is 17.5. The number of hydrogen-bond donors (Lipinski definition) is 1. The van der Waals surface area contributed by atoms with Gasteiger partial charge in [-0.25, -0.2) is 18.6 Å². The highest BCUT2D eigenvalue weighted by atomic mass is 32.2. The first kappa shape index (κ1) is 22.8. The Bertz CT molecular complexity index is 1200. The van der Waals surface area contributed by atoms with Crippen molar-refractivity contribution in [2.24, 2.45) is 10.2 Å². The number of likely N-dealkylation sites (N-methyl/N-ethyl adjacent to an activating group) is 1. The van der Waals surface area contributed by atoms with E-state index < -0.39 is 10.0 Å². The molecule has 3 heterocycles. The zero-order valence-corrected chi connectivity index (χ0v) is 20.2.